The molecule has 0 aliphatic carbocycles. The molecule has 0 bridgehead atoms. The molecule has 35 heavy (non-hydrogen) atoms. The lowest BCUT2D eigenvalue weighted by Gasteiger charge is -2.24. The Balaban J connectivity index is 1.78. The van der Waals surface area contributed by atoms with Crippen LogP contribution in [0.3, 0.4) is 0 Å². The van der Waals surface area contributed by atoms with Crippen LogP contribution in [0.4, 0.5) is 17.2 Å². The van der Waals surface area contributed by atoms with E-state index in [1.807, 2.05) is 13.8 Å². The number of H-pyrrole nitrogens is 1. The molecule has 0 spiro atoms. The van der Waals surface area contributed by atoms with Gasteiger partial charge in [-0.1, -0.05) is 33.1 Å². The predicted molar refractivity (Wildman–Crippen MR) is 136 cm³/mol. The van der Waals surface area contributed by atoms with Crippen LogP contribution < -0.4 is 31.5 Å². The fraction of sp³-hybridized carbons (Fsp3) is 0.520. The number of carbonyl (C=O) groups excluding carboxylic acids is 2. The molecule has 2 aromatic rings. The van der Waals surface area contributed by atoms with Crippen molar-refractivity contribution in [3.05, 3.63) is 45.1 Å². The third-order valence-corrected chi connectivity index (χ3v) is 6.09. The lowest BCUT2D eigenvalue weighted by molar-refractivity contribution is -0.120. The van der Waals surface area contributed by atoms with E-state index in [-0.39, 0.29) is 30.6 Å². The molecule has 0 atom stereocenters. The highest BCUT2D eigenvalue weighted by molar-refractivity contribution is 5.97. The Morgan fingerprint density at radius 2 is 1.80 bits per heavy atom. The Morgan fingerprint density at radius 3 is 2.43 bits per heavy atom. The van der Waals surface area contributed by atoms with Crippen LogP contribution in [-0.2, 0) is 16.1 Å². The number of ether oxygens (including phenoxy) is 1. The van der Waals surface area contributed by atoms with E-state index in [0.29, 0.717) is 38.1 Å². The molecule has 1 aromatic heterocycles. The third-order valence-electron chi connectivity index (χ3n) is 6.09. The molecule has 0 radical (unpaired) electrons. The van der Waals surface area contributed by atoms with Gasteiger partial charge in [-0.15, -0.1) is 0 Å². The van der Waals surface area contributed by atoms with Gasteiger partial charge in [-0.3, -0.25) is 23.9 Å². The van der Waals surface area contributed by atoms with Crippen molar-refractivity contribution >= 4 is 29.0 Å². The van der Waals surface area contributed by atoms with Gasteiger partial charge in [0.05, 0.1) is 0 Å². The van der Waals surface area contributed by atoms with E-state index >= 15 is 0 Å². The average Bonchev–Trinajstić information content (AvgIpc) is 3.27. The number of aromatic nitrogens is 2. The molecule has 1 saturated heterocycles. The molecule has 1 aliphatic heterocycles. The average molecular weight is 486 g/mol. The number of nitrogens with zero attached hydrogens (tertiary/aromatic N) is 3. The minimum atomic E-state index is -0.690. The van der Waals surface area contributed by atoms with Crippen molar-refractivity contribution in [1.82, 2.24) is 9.55 Å². The van der Waals surface area contributed by atoms with E-state index in [1.165, 1.54) is 9.47 Å². The summed E-state index contributed by atoms with van der Waals surface area (Å²) in [5.74, 6) is 0.117. The zero-order valence-electron chi connectivity index (χ0n) is 20.5. The molecule has 3 N–H and O–H groups in total. The maximum atomic E-state index is 13.2. The van der Waals surface area contributed by atoms with Gasteiger partial charge in [0.25, 0.3) is 11.5 Å². The van der Waals surface area contributed by atoms with E-state index in [1.54, 1.807) is 29.2 Å². The predicted octanol–water partition coefficient (Wildman–Crippen LogP) is 2.65. The number of nitrogen functional groups attached to an aromatic ring is 1. The monoisotopic (exact) mass is 485 g/mol. The second-order valence-electron chi connectivity index (χ2n) is 8.68. The number of unbranched alkanes of at least 4 members (excludes halogenated alkanes) is 3. The number of nitrogens with two attached hydrogens (primary N) is 1. The van der Waals surface area contributed by atoms with Crippen molar-refractivity contribution in [2.24, 2.45) is 0 Å². The number of nitrogens with one attached hydrogen (secondary N) is 1. The van der Waals surface area contributed by atoms with Crippen LogP contribution in [0.5, 0.6) is 5.75 Å². The van der Waals surface area contributed by atoms with Crippen LogP contribution in [0.15, 0.2) is 33.9 Å². The van der Waals surface area contributed by atoms with Crippen LogP contribution >= 0.6 is 0 Å². The Hall–Kier alpha value is -3.56. The number of benzene rings is 1. The van der Waals surface area contributed by atoms with Crippen LogP contribution in [0.25, 0.3) is 0 Å². The van der Waals surface area contributed by atoms with E-state index in [2.05, 4.69) is 4.98 Å². The van der Waals surface area contributed by atoms with Gasteiger partial charge >= 0.3 is 5.69 Å². The standard InChI is InChI=1S/C25H35N5O5/c1-3-5-7-15-29(22-23(26)30(14-6-4-2)25(34)27-24(22)33)21(32)17-35-19-12-10-18(11-13-19)28-16-8-9-20(28)31/h10-13H,3-9,14-17,26H2,1-2H3,(H,27,33,34). The highest BCUT2D eigenvalue weighted by atomic mass is 16.5. The van der Waals surface area contributed by atoms with Crippen LogP contribution in [-0.4, -0.2) is 41.1 Å². The molecule has 0 saturated carbocycles. The van der Waals surface area contributed by atoms with E-state index in [9.17, 15) is 19.2 Å². The van der Waals surface area contributed by atoms with Crippen LogP contribution in [0.2, 0.25) is 0 Å². The number of aromatic amines is 1. The summed E-state index contributed by atoms with van der Waals surface area (Å²) in [6.07, 6.45) is 5.43. The quantitative estimate of drug-likeness (QED) is 0.445. The molecular weight excluding hydrogens is 450 g/mol. The van der Waals surface area contributed by atoms with Crippen LogP contribution in [0.1, 0.15) is 58.8 Å². The van der Waals surface area contributed by atoms with Gasteiger partial charge in [0, 0.05) is 31.7 Å². The van der Waals surface area contributed by atoms with Crippen molar-refractivity contribution in [2.45, 2.75) is 65.3 Å². The number of carbonyl (C=O) groups is 2. The molecule has 0 unspecified atom stereocenters. The Morgan fingerprint density at radius 1 is 1.09 bits per heavy atom. The molecule has 1 aromatic carbocycles. The first-order valence-electron chi connectivity index (χ1n) is 12.3. The van der Waals surface area contributed by atoms with Gasteiger partial charge in [-0.2, -0.15) is 0 Å². The lowest BCUT2D eigenvalue weighted by atomic mass is 10.2. The normalized spacial score (nSPS) is 13.3. The number of rotatable bonds is 12. The first kappa shape index (κ1) is 26.1. The first-order valence-corrected chi connectivity index (χ1v) is 12.3. The highest BCUT2D eigenvalue weighted by Gasteiger charge is 2.25. The van der Waals surface area contributed by atoms with Gasteiger partial charge in [0.2, 0.25) is 5.91 Å². The minimum Gasteiger partial charge on any atom is -0.484 e. The molecule has 10 nitrogen and oxygen atoms in total. The second-order valence-corrected chi connectivity index (χ2v) is 8.68. The largest absolute Gasteiger partial charge is 0.484 e. The van der Waals surface area contributed by atoms with Gasteiger partial charge in [0.15, 0.2) is 12.3 Å². The number of hydrogen-bond donors (Lipinski definition) is 2. The van der Waals surface area contributed by atoms with E-state index in [0.717, 1.165) is 31.4 Å². The maximum Gasteiger partial charge on any atom is 0.330 e. The third kappa shape index (κ3) is 6.32. The Kier molecular flexibility index (Phi) is 9.11. The van der Waals surface area contributed by atoms with Crippen molar-refractivity contribution in [3.8, 4) is 5.75 Å². The Bertz CT molecular complexity index is 1140. The topological polar surface area (TPSA) is 131 Å². The summed E-state index contributed by atoms with van der Waals surface area (Å²) in [4.78, 5) is 55.5. The highest BCUT2D eigenvalue weighted by Crippen LogP contribution is 2.24. The summed E-state index contributed by atoms with van der Waals surface area (Å²) in [6, 6.07) is 6.99. The summed E-state index contributed by atoms with van der Waals surface area (Å²) < 4.78 is 7.01. The molecule has 190 valence electrons. The summed E-state index contributed by atoms with van der Waals surface area (Å²) >= 11 is 0. The van der Waals surface area contributed by atoms with E-state index < -0.39 is 17.2 Å². The zero-order valence-corrected chi connectivity index (χ0v) is 20.5. The lowest BCUT2D eigenvalue weighted by Crippen LogP contribution is -2.43. The van der Waals surface area contributed by atoms with Gasteiger partial charge in [0.1, 0.15) is 11.6 Å². The number of amides is 2. The van der Waals surface area contributed by atoms with Crippen molar-refractivity contribution < 1.29 is 14.3 Å². The minimum absolute atomic E-state index is 0.0170. The molecule has 2 amide bonds. The molecule has 10 heteroatoms. The van der Waals surface area contributed by atoms with Crippen LogP contribution in [0, 0.1) is 0 Å². The van der Waals surface area contributed by atoms with Gasteiger partial charge in [-0.25, -0.2) is 4.79 Å². The summed E-state index contributed by atoms with van der Waals surface area (Å²) in [6.45, 7) is 5.05. The van der Waals surface area contributed by atoms with Gasteiger partial charge < -0.3 is 20.3 Å². The van der Waals surface area contributed by atoms with Crippen molar-refractivity contribution in [1.29, 1.82) is 0 Å². The fourth-order valence-electron chi connectivity index (χ4n) is 4.12. The smallest absolute Gasteiger partial charge is 0.330 e. The molecule has 1 fully saturated rings. The molecule has 2 heterocycles. The van der Waals surface area contributed by atoms with E-state index in [4.69, 9.17) is 10.5 Å². The molecule has 1 aliphatic rings. The van der Waals surface area contributed by atoms with Crippen molar-refractivity contribution in [3.63, 3.8) is 0 Å². The summed E-state index contributed by atoms with van der Waals surface area (Å²) in [5.41, 5.74) is 5.74. The summed E-state index contributed by atoms with van der Waals surface area (Å²) in [7, 11) is 0. The zero-order chi connectivity index (χ0) is 25.4. The first-order chi connectivity index (χ1) is 16.9. The fourth-order valence-corrected chi connectivity index (χ4v) is 4.12. The van der Waals surface area contributed by atoms with Gasteiger partial charge in [-0.05, 0) is 43.5 Å². The SMILES string of the molecule is CCCCCN(C(=O)COc1ccc(N2CCCC2=O)cc1)c1c(N)n(CCCC)c(=O)[nH]c1=O. The maximum absolute atomic E-state index is 13.2. The Labute approximate surface area is 204 Å². The molecule has 3 rings (SSSR count). The number of hydrogen-bond acceptors (Lipinski definition) is 6. The van der Waals surface area contributed by atoms with Crippen molar-refractivity contribution in [2.75, 3.05) is 35.2 Å². The number of anilines is 3. The molecular formula is C25H35N5O5. The second kappa shape index (κ2) is 12.2. The summed E-state index contributed by atoms with van der Waals surface area (Å²) in [5, 5.41) is 0.